The van der Waals surface area contributed by atoms with Crippen LogP contribution in [0.15, 0.2) is 36.4 Å². The number of aromatic nitrogens is 1. The highest BCUT2D eigenvalue weighted by Crippen LogP contribution is 2.39. The Balaban J connectivity index is 2.52. The Bertz CT molecular complexity index is 745. The van der Waals surface area contributed by atoms with Gasteiger partial charge < -0.3 is 4.74 Å². The Morgan fingerprint density at radius 2 is 1.24 bits per heavy atom. The average molecular weight is 375 g/mol. The van der Waals surface area contributed by atoms with E-state index in [1.807, 2.05) is 0 Å². The predicted octanol–water partition coefficient (Wildman–Crippen LogP) is 5.68. The van der Waals surface area contributed by atoms with Crippen molar-refractivity contribution in [3.05, 3.63) is 47.7 Å². The summed E-state index contributed by atoms with van der Waals surface area (Å²) in [6, 6.07) is 3.23. The van der Waals surface area contributed by atoms with Gasteiger partial charge in [0, 0.05) is 5.56 Å². The van der Waals surface area contributed by atoms with Gasteiger partial charge in [0.2, 0.25) is 0 Å². The van der Waals surface area contributed by atoms with Gasteiger partial charge in [0.05, 0.1) is 11.3 Å². The molecule has 0 radical (unpaired) electrons. The predicted molar refractivity (Wildman–Crippen MR) is 66.4 cm³/mol. The van der Waals surface area contributed by atoms with Crippen molar-refractivity contribution in [3.8, 4) is 17.0 Å². The van der Waals surface area contributed by atoms with Crippen molar-refractivity contribution in [1.29, 1.82) is 0 Å². The van der Waals surface area contributed by atoms with E-state index in [1.54, 1.807) is 0 Å². The topological polar surface area (TPSA) is 22.1 Å². The van der Waals surface area contributed by atoms with Crippen LogP contribution in [0, 0.1) is 0 Å². The normalized spacial score (nSPS) is 13.0. The molecule has 136 valence electrons. The van der Waals surface area contributed by atoms with Crippen LogP contribution in [-0.2, 0) is 12.4 Å². The van der Waals surface area contributed by atoms with Crippen molar-refractivity contribution in [2.24, 2.45) is 0 Å². The van der Waals surface area contributed by atoms with Crippen LogP contribution < -0.4 is 4.74 Å². The lowest BCUT2D eigenvalue weighted by Crippen LogP contribution is -2.17. The van der Waals surface area contributed by atoms with Crippen LogP contribution in [0.25, 0.3) is 11.3 Å². The van der Waals surface area contributed by atoms with Crippen molar-refractivity contribution in [2.75, 3.05) is 0 Å². The van der Waals surface area contributed by atoms with Gasteiger partial charge in [-0.25, -0.2) is 4.98 Å². The van der Waals surface area contributed by atoms with Crippen LogP contribution >= 0.6 is 0 Å². The van der Waals surface area contributed by atoms with E-state index in [0.717, 1.165) is 12.1 Å². The van der Waals surface area contributed by atoms with E-state index >= 15 is 0 Å². The zero-order valence-electron chi connectivity index (χ0n) is 11.7. The molecule has 0 atom stereocenters. The molecule has 1 aromatic carbocycles. The molecule has 11 heteroatoms. The number of hydrogen-bond acceptors (Lipinski definition) is 2. The zero-order chi connectivity index (χ0) is 19.0. The van der Waals surface area contributed by atoms with Crippen molar-refractivity contribution in [3.63, 3.8) is 0 Å². The number of benzene rings is 1. The number of pyridine rings is 1. The molecule has 0 saturated carbocycles. The molecule has 25 heavy (non-hydrogen) atoms. The zero-order valence-corrected chi connectivity index (χ0v) is 11.7. The van der Waals surface area contributed by atoms with Gasteiger partial charge in [0.25, 0.3) is 0 Å². The molecule has 1 aromatic heterocycles. The third-order valence-corrected chi connectivity index (χ3v) is 2.85. The Hall–Kier alpha value is -2.46. The first-order valence-corrected chi connectivity index (χ1v) is 6.29. The maximum absolute atomic E-state index is 13.0. The van der Waals surface area contributed by atoms with E-state index in [2.05, 4.69) is 9.72 Å². The molecule has 2 rings (SSSR count). The molecule has 2 aromatic rings. The number of ether oxygens (including phenoxy) is 1. The van der Waals surface area contributed by atoms with Gasteiger partial charge in [-0.05, 0) is 36.4 Å². The van der Waals surface area contributed by atoms with Gasteiger partial charge in [-0.15, -0.1) is 13.2 Å². The SMILES string of the molecule is FC(F)(F)Oc1ccc(-c2nc(C(F)(F)F)ccc2C(F)(F)F)cc1. The molecular formula is C14H6F9NO. The minimum absolute atomic E-state index is 0.174. The molecule has 0 saturated heterocycles. The molecule has 0 spiro atoms. The summed E-state index contributed by atoms with van der Waals surface area (Å²) < 4.78 is 117. The lowest BCUT2D eigenvalue weighted by Gasteiger charge is -2.15. The highest BCUT2D eigenvalue weighted by molar-refractivity contribution is 5.65. The summed E-state index contributed by atoms with van der Waals surface area (Å²) in [6.07, 6.45) is -15.0. The van der Waals surface area contributed by atoms with Crippen LogP contribution in [0.2, 0.25) is 0 Å². The van der Waals surface area contributed by atoms with E-state index in [0.29, 0.717) is 12.1 Å². The van der Waals surface area contributed by atoms with Gasteiger partial charge in [-0.2, -0.15) is 26.3 Å². The molecule has 1 heterocycles. The second-order valence-electron chi connectivity index (χ2n) is 4.66. The van der Waals surface area contributed by atoms with Crippen molar-refractivity contribution in [1.82, 2.24) is 4.98 Å². The van der Waals surface area contributed by atoms with Crippen LogP contribution in [-0.4, -0.2) is 11.3 Å². The van der Waals surface area contributed by atoms with Crippen molar-refractivity contribution < 1.29 is 44.3 Å². The first-order valence-electron chi connectivity index (χ1n) is 6.29. The number of rotatable bonds is 2. The minimum Gasteiger partial charge on any atom is -0.406 e. The molecule has 0 aliphatic carbocycles. The fraction of sp³-hybridized carbons (Fsp3) is 0.214. The monoisotopic (exact) mass is 375 g/mol. The number of halogens is 9. The van der Waals surface area contributed by atoms with Gasteiger partial charge in [-0.3, -0.25) is 0 Å². The fourth-order valence-corrected chi connectivity index (χ4v) is 1.88. The van der Waals surface area contributed by atoms with Crippen LogP contribution in [0.5, 0.6) is 5.75 Å². The van der Waals surface area contributed by atoms with Crippen LogP contribution in [0.3, 0.4) is 0 Å². The number of nitrogens with zero attached hydrogens (tertiary/aromatic N) is 1. The quantitative estimate of drug-likeness (QED) is 0.630. The minimum atomic E-state index is -5.02. The largest absolute Gasteiger partial charge is 0.573 e. The van der Waals surface area contributed by atoms with E-state index in [1.165, 1.54) is 0 Å². The van der Waals surface area contributed by atoms with Gasteiger partial charge in [0.1, 0.15) is 11.4 Å². The summed E-state index contributed by atoms with van der Waals surface area (Å²) in [7, 11) is 0. The third kappa shape index (κ3) is 4.77. The van der Waals surface area contributed by atoms with Crippen LogP contribution in [0.4, 0.5) is 39.5 Å². The maximum atomic E-state index is 13.0. The average Bonchev–Trinajstić information content (AvgIpc) is 2.44. The Kier molecular flexibility index (Phi) is 4.62. The first kappa shape index (κ1) is 18.9. The highest BCUT2D eigenvalue weighted by Gasteiger charge is 2.38. The summed E-state index contributed by atoms with van der Waals surface area (Å²) in [5.41, 5.74) is -4.52. The second-order valence-corrected chi connectivity index (χ2v) is 4.66. The Labute approximate surface area is 133 Å². The summed E-state index contributed by atoms with van der Waals surface area (Å²) in [4.78, 5) is 2.98. The van der Waals surface area contributed by atoms with E-state index in [9.17, 15) is 39.5 Å². The summed E-state index contributed by atoms with van der Waals surface area (Å²) in [6.45, 7) is 0. The number of alkyl halides is 9. The van der Waals surface area contributed by atoms with E-state index in [-0.39, 0.29) is 12.1 Å². The van der Waals surface area contributed by atoms with Gasteiger partial charge in [-0.1, -0.05) is 0 Å². The summed E-state index contributed by atoms with van der Waals surface area (Å²) in [5, 5.41) is 0. The second kappa shape index (κ2) is 6.12. The fourth-order valence-electron chi connectivity index (χ4n) is 1.88. The Morgan fingerprint density at radius 3 is 1.68 bits per heavy atom. The lowest BCUT2D eigenvalue weighted by molar-refractivity contribution is -0.274. The smallest absolute Gasteiger partial charge is 0.406 e. The standard InChI is InChI=1S/C14H6F9NO/c15-12(16,17)9-5-6-10(13(18,19)20)24-11(9)7-1-3-8(4-2-7)25-14(21,22)23/h1-6H. The molecule has 0 unspecified atom stereocenters. The molecule has 0 aliphatic heterocycles. The molecule has 0 amide bonds. The Morgan fingerprint density at radius 1 is 0.680 bits per heavy atom. The van der Waals surface area contributed by atoms with Crippen molar-refractivity contribution in [2.45, 2.75) is 18.7 Å². The third-order valence-electron chi connectivity index (χ3n) is 2.85. The highest BCUT2D eigenvalue weighted by atomic mass is 19.4. The number of hydrogen-bond donors (Lipinski definition) is 0. The molecule has 0 fully saturated rings. The maximum Gasteiger partial charge on any atom is 0.573 e. The molecule has 0 N–H and O–H groups in total. The van der Waals surface area contributed by atoms with E-state index < -0.39 is 47.0 Å². The molecule has 2 nitrogen and oxygen atoms in total. The van der Waals surface area contributed by atoms with Crippen LogP contribution in [0.1, 0.15) is 11.3 Å². The van der Waals surface area contributed by atoms with Crippen molar-refractivity contribution >= 4 is 0 Å². The van der Waals surface area contributed by atoms with Gasteiger partial charge >= 0.3 is 18.7 Å². The molecular weight excluding hydrogens is 369 g/mol. The summed E-state index contributed by atoms with van der Waals surface area (Å²) in [5.74, 6) is -0.739. The first-order chi connectivity index (χ1) is 11.3. The summed E-state index contributed by atoms with van der Waals surface area (Å²) >= 11 is 0. The van der Waals surface area contributed by atoms with E-state index in [4.69, 9.17) is 0 Å². The lowest BCUT2D eigenvalue weighted by atomic mass is 10.0. The van der Waals surface area contributed by atoms with Gasteiger partial charge in [0.15, 0.2) is 0 Å². The molecule has 0 bridgehead atoms. The molecule has 0 aliphatic rings.